The Morgan fingerprint density at radius 1 is 1.18 bits per heavy atom. The molecule has 0 aliphatic carbocycles. The van der Waals surface area contributed by atoms with Gasteiger partial charge >= 0.3 is 5.69 Å². The Bertz CT molecular complexity index is 1250. The molecule has 2 N–H and O–H groups in total. The van der Waals surface area contributed by atoms with Gasteiger partial charge in [0.05, 0.1) is 6.54 Å². The minimum absolute atomic E-state index is 0.0754. The van der Waals surface area contributed by atoms with Gasteiger partial charge in [-0.1, -0.05) is 26.0 Å². The van der Waals surface area contributed by atoms with Crippen molar-refractivity contribution >= 4 is 17.1 Å². The molecule has 1 aliphatic heterocycles. The lowest BCUT2D eigenvalue weighted by molar-refractivity contribution is 0.0929. The van der Waals surface area contributed by atoms with E-state index in [9.17, 15) is 14.7 Å². The third-order valence-electron chi connectivity index (χ3n) is 6.24. The molecule has 1 atom stereocenters. The SMILES string of the molecule is Cc1ccc(C(C)C)c(OC[C@H](O)Cn2c(N3CCCCC3)nc3c2c(=O)[nH]c(=O)n3C)c1. The van der Waals surface area contributed by atoms with E-state index < -0.39 is 17.4 Å². The number of ether oxygens (including phenoxy) is 1. The number of nitrogens with one attached hydrogen (secondary N) is 1. The molecule has 9 heteroatoms. The van der Waals surface area contributed by atoms with Crippen LogP contribution in [-0.2, 0) is 13.6 Å². The van der Waals surface area contributed by atoms with Crippen LogP contribution in [0.2, 0.25) is 0 Å². The van der Waals surface area contributed by atoms with Crippen LogP contribution in [0.25, 0.3) is 11.2 Å². The summed E-state index contributed by atoms with van der Waals surface area (Å²) in [6.07, 6.45) is 2.36. The van der Waals surface area contributed by atoms with Gasteiger partial charge in [0.2, 0.25) is 5.95 Å². The fourth-order valence-corrected chi connectivity index (χ4v) is 4.42. The van der Waals surface area contributed by atoms with Crippen molar-refractivity contribution in [2.24, 2.45) is 7.05 Å². The summed E-state index contributed by atoms with van der Waals surface area (Å²) in [6.45, 7) is 8.07. The highest BCUT2D eigenvalue weighted by Crippen LogP contribution is 2.28. The van der Waals surface area contributed by atoms with Crippen LogP contribution in [0.1, 0.15) is 50.2 Å². The Labute approximate surface area is 192 Å². The average Bonchev–Trinajstić information content (AvgIpc) is 3.16. The molecule has 3 aromatic rings. The predicted octanol–water partition coefficient (Wildman–Crippen LogP) is 2.29. The summed E-state index contributed by atoms with van der Waals surface area (Å²) in [4.78, 5) is 34.0. The third-order valence-corrected chi connectivity index (χ3v) is 6.24. The predicted molar refractivity (Wildman–Crippen MR) is 128 cm³/mol. The molecule has 0 unspecified atom stereocenters. The van der Waals surface area contributed by atoms with E-state index in [2.05, 4.69) is 40.8 Å². The van der Waals surface area contributed by atoms with Gasteiger partial charge in [0, 0.05) is 20.1 Å². The minimum Gasteiger partial charge on any atom is -0.491 e. The molecule has 4 rings (SSSR count). The summed E-state index contributed by atoms with van der Waals surface area (Å²) >= 11 is 0. The zero-order chi connectivity index (χ0) is 23.7. The zero-order valence-electron chi connectivity index (χ0n) is 19.8. The number of anilines is 1. The highest BCUT2D eigenvalue weighted by Gasteiger charge is 2.24. The number of aromatic nitrogens is 4. The summed E-state index contributed by atoms with van der Waals surface area (Å²) < 4.78 is 9.09. The number of hydrogen-bond donors (Lipinski definition) is 2. The molecule has 3 heterocycles. The number of aliphatic hydroxyl groups is 1. The largest absolute Gasteiger partial charge is 0.491 e. The molecule has 0 bridgehead atoms. The first-order valence-corrected chi connectivity index (χ1v) is 11.6. The monoisotopic (exact) mass is 455 g/mol. The molecule has 1 aliphatic rings. The smallest absolute Gasteiger partial charge is 0.329 e. The van der Waals surface area contributed by atoms with Crippen LogP contribution >= 0.6 is 0 Å². The van der Waals surface area contributed by atoms with Crippen LogP contribution in [-0.4, -0.2) is 50.0 Å². The average molecular weight is 456 g/mol. The fourth-order valence-electron chi connectivity index (χ4n) is 4.42. The maximum atomic E-state index is 12.7. The summed E-state index contributed by atoms with van der Waals surface area (Å²) in [6, 6.07) is 6.09. The van der Waals surface area contributed by atoms with Gasteiger partial charge < -0.3 is 19.3 Å². The number of imidazole rings is 1. The molecule has 1 aromatic carbocycles. The second-order valence-electron chi connectivity index (χ2n) is 9.22. The van der Waals surface area contributed by atoms with Crippen LogP contribution in [0.3, 0.4) is 0 Å². The lowest BCUT2D eigenvalue weighted by Crippen LogP contribution is -2.34. The molecule has 0 radical (unpaired) electrons. The van der Waals surface area contributed by atoms with E-state index in [1.165, 1.54) is 4.57 Å². The van der Waals surface area contributed by atoms with Crippen molar-refractivity contribution in [3.8, 4) is 5.75 Å². The Kier molecular flexibility index (Phi) is 6.60. The number of fused-ring (bicyclic) bond motifs is 1. The van der Waals surface area contributed by atoms with Crippen LogP contribution in [0.5, 0.6) is 5.75 Å². The molecular formula is C24H33N5O4. The second-order valence-corrected chi connectivity index (χ2v) is 9.22. The Morgan fingerprint density at radius 2 is 1.91 bits per heavy atom. The fraction of sp³-hybridized carbons (Fsp3) is 0.542. The topological polar surface area (TPSA) is 105 Å². The van der Waals surface area contributed by atoms with Gasteiger partial charge in [-0.15, -0.1) is 0 Å². The first-order valence-electron chi connectivity index (χ1n) is 11.6. The molecule has 0 amide bonds. The highest BCUT2D eigenvalue weighted by molar-refractivity contribution is 5.74. The van der Waals surface area contributed by atoms with Crippen LogP contribution < -0.4 is 20.9 Å². The lowest BCUT2D eigenvalue weighted by atomic mass is 10.0. The molecule has 0 spiro atoms. The van der Waals surface area contributed by atoms with Gasteiger partial charge in [0.1, 0.15) is 18.5 Å². The molecule has 1 saturated heterocycles. The first kappa shape index (κ1) is 23.1. The summed E-state index contributed by atoms with van der Waals surface area (Å²) in [5, 5.41) is 10.9. The van der Waals surface area contributed by atoms with Gasteiger partial charge in [0.25, 0.3) is 5.56 Å². The number of aryl methyl sites for hydroxylation is 2. The zero-order valence-corrected chi connectivity index (χ0v) is 19.8. The maximum absolute atomic E-state index is 12.7. The number of H-pyrrole nitrogens is 1. The number of aliphatic hydroxyl groups excluding tert-OH is 1. The van der Waals surface area contributed by atoms with E-state index in [1.54, 1.807) is 11.6 Å². The van der Waals surface area contributed by atoms with Crippen LogP contribution in [0.4, 0.5) is 5.95 Å². The lowest BCUT2D eigenvalue weighted by Gasteiger charge is -2.28. The van der Waals surface area contributed by atoms with E-state index in [4.69, 9.17) is 4.74 Å². The quantitative estimate of drug-likeness (QED) is 0.566. The summed E-state index contributed by atoms with van der Waals surface area (Å²) in [7, 11) is 1.59. The van der Waals surface area contributed by atoms with Gasteiger partial charge in [-0.3, -0.25) is 14.3 Å². The molecule has 0 saturated carbocycles. The van der Waals surface area contributed by atoms with E-state index in [0.29, 0.717) is 17.5 Å². The third kappa shape index (κ3) is 4.68. The number of piperidine rings is 1. The van der Waals surface area contributed by atoms with Gasteiger partial charge in [-0.25, -0.2) is 4.79 Å². The minimum atomic E-state index is -0.872. The van der Waals surface area contributed by atoms with Gasteiger partial charge in [0.15, 0.2) is 11.2 Å². The van der Waals surface area contributed by atoms with Crippen molar-refractivity contribution in [1.29, 1.82) is 0 Å². The normalized spacial score (nSPS) is 15.4. The van der Waals surface area contributed by atoms with E-state index in [0.717, 1.165) is 49.2 Å². The number of rotatable bonds is 7. The van der Waals surface area contributed by atoms with Gasteiger partial charge in [-0.05, 0) is 49.3 Å². The van der Waals surface area contributed by atoms with Crippen molar-refractivity contribution < 1.29 is 9.84 Å². The van der Waals surface area contributed by atoms with Crippen molar-refractivity contribution in [3.05, 3.63) is 50.2 Å². The first-order chi connectivity index (χ1) is 15.8. The number of nitrogens with zero attached hydrogens (tertiary/aromatic N) is 4. The Hall–Kier alpha value is -3.07. The number of hydrogen-bond acceptors (Lipinski definition) is 6. The van der Waals surface area contributed by atoms with Crippen molar-refractivity contribution in [3.63, 3.8) is 0 Å². The van der Waals surface area contributed by atoms with Crippen LogP contribution in [0, 0.1) is 6.92 Å². The molecule has 9 nitrogen and oxygen atoms in total. The molecule has 178 valence electrons. The van der Waals surface area contributed by atoms with Crippen molar-refractivity contribution in [2.45, 2.75) is 58.6 Å². The molecular weight excluding hydrogens is 422 g/mol. The van der Waals surface area contributed by atoms with E-state index in [1.807, 2.05) is 13.0 Å². The summed E-state index contributed by atoms with van der Waals surface area (Å²) in [5.74, 6) is 1.66. The van der Waals surface area contributed by atoms with Crippen molar-refractivity contribution in [2.75, 3.05) is 24.6 Å². The molecule has 2 aromatic heterocycles. The van der Waals surface area contributed by atoms with E-state index in [-0.39, 0.29) is 18.7 Å². The van der Waals surface area contributed by atoms with Gasteiger partial charge in [-0.2, -0.15) is 4.98 Å². The van der Waals surface area contributed by atoms with Crippen molar-refractivity contribution in [1.82, 2.24) is 19.1 Å². The number of aromatic amines is 1. The second kappa shape index (κ2) is 9.43. The summed E-state index contributed by atoms with van der Waals surface area (Å²) in [5.41, 5.74) is 1.77. The van der Waals surface area contributed by atoms with E-state index >= 15 is 0 Å². The maximum Gasteiger partial charge on any atom is 0.329 e. The van der Waals surface area contributed by atoms with Crippen LogP contribution in [0.15, 0.2) is 27.8 Å². The molecule has 1 fully saturated rings. The Balaban J connectivity index is 1.65. The Morgan fingerprint density at radius 3 is 2.61 bits per heavy atom. The highest BCUT2D eigenvalue weighted by atomic mass is 16.5. The number of benzene rings is 1. The molecule has 33 heavy (non-hydrogen) atoms. The standard InChI is InChI=1S/C24H33N5O4/c1-15(2)18-9-8-16(3)12-19(18)33-14-17(30)13-29-20-21(27(4)24(32)26-22(20)31)25-23(29)28-10-6-5-7-11-28/h8-9,12,15,17,30H,5-7,10-11,13-14H2,1-4H3,(H,26,31,32)/t17-/m1/s1.